The lowest BCUT2D eigenvalue weighted by atomic mass is 9.88. The minimum Gasteiger partial charge on any atom is -0.235 e. The fourth-order valence-electron chi connectivity index (χ4n) is 2.84. The minimum atomic E-state index is 0.545. The molecule has 0 radical (unpaired) electrons. The van der Waals surface area contributed by atoms with Gasteiger partial charge in [0.1, 0.15) is 11.1 Å². The summed E-state index contributed by atoms with van der Waals surface area (Å²) in [6, 6.07) is 10.4. The van der Waals surface area contributed by atoms with E-state index in [-0.39, 0.29) is 0 Å². The first-order valence-corrected chi connectivity index (χ1v) is 9.27. The predicted molar refractivity (Wildman–Crippen MR) is 95.4 cm³/mol. The Balaban J connectivity index is 1.83. The molecule has 1 fully saturated rings. The molecule has 0 spiro atoms. The van der Waals surface area contributed by atoms with Crippen LogP contribution in [-0.2, 0) is 0 Å². The Morgan fingerprint density at radius 1 is 1.23 bits per heavy atom. The van der Waals surface area contributed by atoms with Gasteiger partial charge < -0.3 is 0 Å². The van der Waals surface area contributed by atoms with E-state index >= 15 is 0 Å². The van der Waals surface area contributed by atoms with Gasteiger partial charge in [-0.1, -0.05) is 53.4 Å². The van der Waals surface area contributed by atoms with Gasteiger partial charge in [-0.2, -0.15) is 5.26 Å². The van der Waals surface area contributed by atoms with Gasteiger partial charge in [-0.3, -0.25) is 0 Å². The highest BCUT2D eigenvalue weighted by atomic mass is 79.9. The van der Waals surface area contributed by atoms with E-state index in [2.05, 4.69) is 33.1 Å². The van der Waals surface area contributed by atoms with E-state index in [1.165, 1.54) is 32.1 Å². The zero-order chi connectivity index (χ0) is 15.4. The second kappa shape index (κ2) is 7.21. The highest BCUT2D eigenvalue weighted by molar-refractivity contribution is 9.10. The van der Waals surface area contributed by atoms with Gasteiger partial charge in [-0.25, -0.2) is 4.98 Å². The number of hydrogen-bond donors (Lipinski definition) is 0. The maximum atomic E-state index is 9.47. The van der Waals surface area contributed by atoms with Crippen molar-refractivity contribution in [2.45, 2.75) is 32.1 Å². The van der Waals surface area contributed by atoms with E-state index in [1.54, 1.807) is 11.3 Å². The summed E-state index contributed by atoms with van der Waals surface area (Å²) in [7, 11) is 0. The van der Waals surface area contributed by atoms with Crippen molar-refractivity contribution in [2.24, 2.45) is 5.92 Å². The average molecular weight is 373 g/mol. The van der Waals surface area contributed by atoms with Crippen molar-refractivity contribution in [3.8, 4) is 17.3 Å². The fourth-order valence-corrected chi connectivity index (χ4v) is 3.91. The van der Waals surface area contributed by atoms with Crippen LogP contribution in [0.25, 0.3) is 16.8 Å². The van der Waals surface area contributed by atoms with Crippen LogP contribution in [0.2, 0.25) is 0 Å². The Morgan fingerprint density at radius 3 is 2.64 bits per heavy atom. The molecule has 4 heteroatoms. The summed E-state index contributed by atoms with van der Waals surface area (Å²) in [6.07, 6.45) is 8.44. The van der Waals surface area contributed by atoms with Crippen LogP contribution in [0.15, 0.2) is 40.2 Å². The van der Waals surface area contributed by atoms with E-state index in [1.807, 2.05) is 29.6 Å². The van der Waals surface area contributed by atoms with E-state index in [0.29, 0.717) is 5.92 Å². The highest BCUT2D eigenvalue weighted by Crippen LogP contribution is 2.31. The average Bonchev–Trinajstić information content (AvgIpc) is 3.04. The number of hydrogen-bond acceptors (Lipinski definition) is 3. The lowest BCUT2D eigenvalue weighted by molar-refractivity contribution is 0.420. The van der Waals surface area contributed by atoms with Crippen molar-refractivity contribution in [3.05, 3.63) is 45.2 Å². The van der Waals surface area contributed by atoms with Gasteiger partial charge in [0.05, 0.1) is 11.3 Å². The second-order valence-electron chi connectivity index (χ2n) is 5.64. The summed E-state index contributed by atoms with van der Waals surface area (Å²) in [4.78, 5) is 4.66. The van der Waals surface area contributed by atoms with Crippen LogP contribution in [-0.4, -0.2) is 4.98 Å². The standard InChI is InChI=1S/C18H17BrN2S/c19-16-8-6-14(7-9-16)17-12-22-18(21-17)15(11-20)10-13-4-2-1-3-5-13/h6-10,12-13H,1-5H2/b15-10-. The molecule has 0 unspecified atom stereocenters. The summed E-state index contributed by atoms with van der Waals surface area (Å²) in [5.74, 6) is 0.545. The third-order valence-corrected chi connectivity index (χ3v) is 5.45. The predicted octanol–water partition coefficient (Wildman–Crippen LogP) is 6.06. The van der Waals surface area contributed by atoms with Crippen LogP contribution in [0.3, 0.4) is 0 Å². The van der Waals surface area contributed by atoms with E-state index in [4.69, 9.17) is 0 Å². The molecule has 1 aromatic carbocycles. The monoisotopic (exact) mass is 372 g/mol. The molecule has 0 atom stereocenters. The number of rotatable bonds is 3. The molecule has 0 saturated heterocycles. The van der Waals surface area contributed by atoms with Crippen molar-refractivity contribution in [1.82, 2.24) is 4.98 Å². The van der Waals surface area contributed by atoms with Gasteiger partial charge in [0.15, 0.2) is 0 Å². The van der Waals surface area contributed by atoms with Gasteiger partial charge in [-0.05, 0) is 30.9 Å². The molecule has 2 aromatic rings. The summed E-state index contributed by atoms with van der Waals surface area (Å²) in [6.45, 7) is 0. The van der Waals surface area contributed by atoms with Gasteiger partial charge in [-0.15, -0.1) is 11.3 Å². The largest absolute Gasteiger partial charge is 0.235 e. The number of aromatic nitrogens is 1. The molecule has 1 heterocycles. The van der Waals surface area contributed by atoms with Crippen LogP contribution in [0, 0.1) is 17.2 Å². The molecule has 1 aromatic heterocycles. The molecule has 2 nitrogen and oxygen atoms in total. The number of benzene rings is 1. The van der Waals surface area contributed by atoms with E-state index < -0.39 is 0 Å². The minimum absolute atomic E-state index is 0.545. The molecule has 0 aliphatic heterocycles. The summed E-state index contributed by atoms with van der Waals surface area (Å²) in [5, 5.41) is 12.3. The number of nitriles is 1. The molecular weight excluding hydrogens is 356 g/mol. The number of halogens is 1. The Morgan fingerprint density at radius 2 is 1.95 bits per heavy atom. The number of allylic oxidation sites excluding steroid dienone is 2. The molecule has 22 heavy (non-hydrogen) atoms. The summed E-state index contributed by atoms with van der Waals surface area (Å²) < 4.78 is 1.06. The zero-order valence-electron chi connectivity index (χ0n) is 12.3. The molecule has 1 aliphatic rings. The normalized spacial score (nSPS) is 16.5. The number of nitrogens with zero attached hydrogens (tertiary/aromatic N) is 2. The topological polar surface area (TPSA) is 36.7 Å². The molecular formula is C18H17BrN2S. The smallest absolute Gasteiger partial charge is 0.134 e. The van der Waals surface area contributed by atoms with Gasteiger partial charge in [0, 0.05) is 15.4 Å². The third kappa shape index (κ3) is 3.66. The van der Waals surface area contributed by atoms with Crippen molar-refractivity contribution < 1.29 is 0 Å². The van der Waals surface area contributed by atoms with Crippen LogP contribution in [0.5, 0.6) is 0 Å². The first-order valence-electron chi connectivity index (χ1n) is 7.60. The highest BCUT2D eigenvalue weighted by Gasteiger charge is 2.15. The number of thiazole rings is 1. The zero-order valence-corrected chi connectivity index (χ0v) is 14.7. The lowest BCUT2D eigenvalue weighted by Crippen LogP contribution is -2.03. The maximum absolute atomic E-state index is 9.47. The van der Waals surface area contributed by atoms with E-state index in [0.717, 1.165) is 26.3 Å². The van der Waals surface area contributed by atoms with Crippen LogP contribution in [0.1, 0.15) is 37.1 Å². The van der Waals surface area contributed by atoms with Crippen molar-refractivity contribution in [2.75, 3.05) is 0 Å². The van der Waals surface area contributed by atoms with Gasteiger partial charge >= 0.3 is 0 Å². The van der Waals surface area contributed by atoms with Crippen LogP contribution in [0.4, 0.5) is 0 Å². The Bertz CT molecular complexity index is 703. The lowest BCUT2D eigenvalue weighted by Gasteiger charge is -2.18. The Labute approximate surface area is 143 Å². The molecule has 0 N–H and O–H groups in total. The quantitative estimate of drug-likeness (QED) is 0.613. The first-order chi connectivity index (χ1) is 10.8. The SMILES string of the molecule is N#C/C(=C/C1CCCCC1)c1nc(-c2ccc(Br)cc2)cs1. The second-order valence-corrected chi connectivity index (χ2v) is 7.41. The molecule has 1 saturated carbocycles. The summed E-state index contributed by atoms with van der Waals surface area (Å²) in [5.41, 5.74) is 2.76. The van der Waals surface area contributed by atoms with Crippen molar-refractivity contribution in [1.29, 1.82) is 5.26 Å². The molecule has 0 amide bonds. The van der Waals surface area contributed by atoms with Gasteiger partial charge in [0.2, 0.25) is 0 Å². The fraction of sp³-hybridized carbons (Fsp3) is 0.333. The Kier molecular flexibility index (Phi) is 5.07. The summed E-state index contributed by atoms with van der Waals surface area (Å²) >= 11 is 5.00. The van der Waals surface area contributed by atoms with E-state index in [9.17, 15) is 5.26 Å². The third-order valence-electron chi connectivity index (χ3n) is 4.05. The maximum Gasteiger partial charge on any atom is 0.134 e. The van der Waals surface area contributed by atoms with Crippen LogP contribution >= 0.6 is 27.3 Å². The molecule has 0 bridgehead atoms. The van der Waals surface area contributed by atoms with Gasteiger partial charge in [0.25, 0.3) is 0 Å². The first kappa shape index (κ1) is 15.5. The Hall–Kier alpha value is -1.44. The molecule has 112 valence electrons. The van der Waals surface area contributed by atoms with Crippen LogP contribution < -0.4 is 0 Å². The molecule has 1 aliphatic carbocycles. The van der Waals surface area contributed by atoms with Crippen molar-refractivity contribution in [3.63, 3.8) is 0 Å². The molecule has 3 rings (SSSR count). The van der Waals surface area contributed by atoms with Crippen molar-refractivity contribution >= 4 is 32.8 Å².